The molecule has 1 aromatic rings. The molecule has 0 aromatic carbocycles. The van der Waals surface area contributed by atoms with Gasteiger partial charge in [0.25, 0.3) is 0 Å². The van der Waals surface area contributed by atoms with Gasteiger partial charge in [-0.15, -0.1) is 0 Å². The fourth-order valence-corrected chi connectivity index (χ4v) is 3.38. The molecule has 0 nitrogen and oxygen atoms in total. The number of rotatable bonds is 2. The summed E-state index contributed by atoms with van der Waals surface area (Å²) in [6.07, 6.45) is 0. The van der Waals surface area contributed by atoms with Gasteiger partial charge >= 0.3 is 76.9 Å². The van der Waals surface area contributed by atoms with Crippen molar-refractivity contribution >= 4 is 37.7 Å². The number of halogens is 2. The first-order chi connectivity index (χ1) is 4.77. The third-order valence-corrected chi connectivity index (χ3v) is 4.29. The van der Waals surface area contributed by atoms with Crippen molar-refractivity contribution < 1.29 is 0 Å². The van der Waals surface area contributed by atoms with Crippen molar-refractivity contribution in [2.45, 2.75) is 11.8 Å². The van der Waals surface area contributed by atoms with Gasteiger partial charge in [-0.1, -0.05) is 0 Å². The third-order valence-electron chi connectivity index (χ3n) is 1.21. The summed E-state index contributed by atoms with van der Waals surface area (Å²) in [5.74, 6) is 1.18. The SMILES string of the molecule is [CH2]c1cc(CCl)c(CCl)[se]1. The zero-order valence-corrected chi connectivity index (χ0v) is 8.59. The van der Waals surface area contributed by atoms with Gasteiger partial charge in [-0.05, 0) is 0 Å². The summed E-state index contributed by atoms with van der Waals surface area (Å²) in [7, 11) is 0. The average molecular weight is 241 g/mol. The molecule has 0 amide bonds. The molecule has 0 atom stereocenters. The van der Waals surface area contributed by atoms with Crippen LogP contribution in [0.15, 0.2) is 6.07 Å². The summed E-state index contributed by atoms with van der Waals surface area (Å²) >= 11 is 11.7. The molecule has 1 radical (unpaired) electrons. The molecule has 0 saturated heterocycles. The minimum atomic E-state index is 0.381. The molecule has 10 heavy (non-hydrogen) atoms. The van der Waals surface area contributed by atoms with E-state index >= 15 is 0 Å². The van der Waals surface area contributed by atoms with Crippen LogP contribution in [0.2, 0.25) is 0 Å². The van der Waals surface area contributed by atoms with Crippen LogP contribution in [0, 0.1) is 6.92 Å². The van der Waals surface area contributed by atoms with E-state index in [0.29, 0.717) is 26.3 Å². The average Bonchev–Trinajstić information content (AvgIpc) is 2.30. The van der Waals surface area contributed by atoms with Crippen LogP contribution >= 0.6 is 23.2 Å². The Balaban J connectivity index is 2.96. The van der Waals surface area contributed by atoms with Gasteiger partial charge in [0, 0.05) is 0 Å². The zero-order chi connectivity index (χ0) is 7.56. The van der Waals surface area contributed by atoms with Crippen LogP contribution in [0.25, 0.3) is 0 Å². The molecule has 0 spiro atoms. The van der Waals surface area contributed by atoms with Crippen molar-refractivity contribution in [2.24, 2.45) is 0 Å². The first-order valence-electron chi connectivity index (χ1n) is 2.83. The summed E-state index contributed by atoms with van der Waals surface area (Å²) in [5, 5.41) is 0. The van der Waals surface area contributed by atoms with E-state index in [2.05, 4.69) is 6.92 Å². The zero-order valence-electron chi connectivity index (χ0n) is 5.36. The third kappa shape index (κ3) is 1.79. The molecule has 3 heteroatoms. The van der Waals surface area contributed by atoms with Crippen LogP contribution in [0.5, 0.6) is 0 Å². The van der Waals surface area contributed by atoms with Crippen molar-refractivity contribution in [1.82, 2.24) is 0 Å². The normalized spacial score (nSPS) is 10.3. The molecular formula is C7H7Cl2Se. The fourth-order valence-electron chi connectivity index (χ4n) is 0.754. The first-order valence-corrected chi connectivity index (χ1v) is 5.61. The Morgan fingerprint density at radius 1 is 1.40 bits per heavy atom. The van der Waals surface area contributed by atoms with Gasteiger partial charge in [0.15, 0.2) is 0 Å². The quantitative estimate of drug-likeness (QED) is 0.550. The number of alkyl halides is 2. The van der Waals surface area contributed by atoms with E-state index in [1.165, 1.54) is 14.4 Å². The Morgan fingerprint density at radius 2 is 2.10 bits per heavy atom. The van der Waals surface area contributed by atoms with Gasteiger partial charge in [0.05, 0.1) is 0 Å². The Bertz CT molecular complexity index is 196. The standard InChI is InChI=1S/C7H7Cl2Se/c1-5-2-6(3-8)7(4-9)10-5/h2H,1,3-4H2. The summed E-state index contributed by atoms with van der Waals surface area (Å²) in [4.78, 5) is 0. The van der Waals surface area contributed by atoms with Crippen molar-refractivity contribution in [3.05, 3.63) is 27.4 Å². The molecule has 1 aromatic heterocycles. The van der Waals surface area contributed by atoms with Crippen molar-refractivity contribution in [2.75, 3.05) is 0 Å². The van der Waals surface area contributed by atoms with E-state index in [4.69, 9.17) is 23.2 Å². The molecule has 0 aliphatic heterocycles. The van der Waals surface area contributed by atoms with Crippen LogP contribution in [-0.2, 0) is 11.8 Å². The molecule has 0 unspecified atom stereocenters. The second-order valence-corrected chi connectivity index (χ2v) is 5.03. The van der Waals surface area contributed by atoms with E-state index in [-0.39, 0.29) is 0 Å². The minimum absolute atomic E-state index is 0.381. The van der Waals surface area contributed by atoms with Crippen LogP contribution in [0.3, 0.4) is 0 Å². The molecule has 0 saturated carbocycles. The molecule has 0 aliphatic rings. The van der Waals surface area contributed by atoms with Crippen molar-refractivity contribution in [3.8, 4) is 0 Å². The second kappa shape index (κ2) is 3.82. The molecule has 55 valence electrons. The van der Waals surface area contributed by atoms with Gasteiger partial charge in [0.2, 0.25) is 0 Å². The van der Waals surface area contributed by atoms with E-state index in [9.17, 15) is 0 Å². The van der Waals surface area contributed by atoms with Crippen LogP contribution < -0.4 is 0 Å². The van der Waals surface area contributed by atoms with Gasteiger partial charge in [-0.25, -0.2) is 0 Å². The van der Waals surface area contributed by atoms with E-state index in [1.807, 2.05) is 6.07 Å². The molecule has 0 aliphatic carbocycles. The Hall–Kier alpha value is 0.579. The van der Waals surface area contributed by atoms with Gasteiger partial charge < -0.3 is 0 Å². The predicted molar refractivity (Wildman–Crippen MR) is 47.0 cm³/mol. The van der Waals surface area contributed by atoms with Crippen LogP contribution in [0.1, 0.15) is 14.4 Å². The molecule has 0 fully saturated rings. The summed E-state index contributed by atoms with van der Waals surface area (Å²) in [6, 6.07) is 2.05. The first kappa shape index (κ1) is 8.67. The van der Waals surface area contributed by atoms with E-state index in [1.54, 1.807) is 0 Å². The summed E-state index contributed by atoms with van der Waals surface area (Å²) in [5.41, 5.74) is 1.18. The second-order valence-electron chi connectivity index (χ2n) is 1.93. The van der Waals surface area contributed by atoms with Crippen LogP contribution in [-0.4, -0.2) is 14.5 Å². The van der Waals surface area contributed by atoms with Gasteiger partial charge in [-0.2, -0.15) is 0 Å². The van der Waals surface area contributed by atoms with Gasteiger partial charge in [-0.3, -0.25) is 0 Å². The predicted octanol–water partition coefficient (Wildman–Crippen LogP) is 2.40. The van der Waals surface area contributed by atoms with Crippen LogP contribution in [0.4, 0.5) is 0 Å². The van der Waals surface area contributed by atoms with Crippen molar-refractivity contribution in [1.29, 1.82) is 0 Å². The fraction of sp³-hybridized carbons (Fsp3) is 0.286. The molecule has 1 rings (SSSR count). The Morgan fingerprint density at radius 3 is 2.50 bits per heavy atom. The Kier molecular flexibility index (Phi) is 3.32. The molecular weight excluding hydrogens is 234 g/mol. The summed E-state index contributed by atoms with van der Waals surface area (Å²) < 4.78 is 2.47. The van der Waals surface area contributed by atoms with Gasteiger partial charge in [0.1, 0.15) is 0 Å². The van der Waals surface area contributed by atoms with Crippen molar-refractivity contribution in [3.63, 3.8) is 0 Å². The summed E-state index contributed by atoms with van der Waals surface area (Å²) in [6.45, 7) is 3.86. The number of hydrogen-bond acceptors (Lipinski definition) is 0. The maximum atomic E-state index is 5.68. The molecule has 1 heterocycles. The Labute approximate surface area is 76.9 Å². The molecule has 0 N–H and O–H groups in total. The van der Waals surface area contributed by atoms with E-state index in [0.717, 1.165) is 0 Å². The van der Waals surface area contributed by atoms with E-state index < -0.39 is 0 Å². The topological polar surface area (TPSA) is 0 Å². The number of hydrogen-bond donors (Lipinski definition) is 0. The monoisotopic (exact) mass is 241 g/mol. The maximum absolute atomic E-state index is 5.68. The molecule has 0 bridgehead atoms.